The van der Waals surface area contributed by atoms with Crippen molar-refractivity contribution in [3.05, 3.63) is 0 Å². The lowest BCUT2D eigenvalue weighted by molar-refractivity contribution is -0.656. The monoisotopic (exact) mass is 544 g/mol. The minimum atomic E-state index is -0.903. The van der Waals surface area contributed by atoms with E-state index in [0.29, 0.717) is 0 Å². The van der Waals surface area contributed by atoms with Gasteiger partial charge in [0.2, 0.25) is 0 Å². The number of quaternary nitrogens is 1. The lowest BCUT2D eigenvalue weighted by Gasteiger charge is -2.04. The first-order valence-electron chi connectivity index (χ1n) is 16.9. The largest absolute Gasteiger partial charge is 0.550 e. The van der Waals surface area contributed by atoms with Gasteiger partial charge < -0.3 is 25.1 Å². The molecule has 0 rings (SSSR count). The molecule has 0 aliphatic heterocycles. The topological polar surface area (TPSA) is 86.2 Å². The minimum absolute atomic E-state index is 0.234. The summed E-state index contributed by atoms with van der Waals surface area (Å²) < 4.78 is 5.58. The van der Waals surface area contributed by atoms with E-state index in [4.69, 9.17) is 9.84 Å². The average Bonchev–Trinajstić information content (AvgIpc) is 2.91. The van der Waals surface area contributed by atoms with Crippen molar-refractivity contribution >= 4 is 5.97 Å². The highest BCUT2D eigenvalue weighted by atomic mass is 16.5. The Kier molecular flexibility index (Phi) is 40.0. The Morgan fingerprint density at radius 3 is 1.32 bits per heavy atom. The Morgan fingerprint density at radius 1 is 0.553 bits per heavy atom. The molecule has 0 saturated carbocycles. The zero-order valence-electron chi connectivity index (χ0n) is 26.0. The highest BCUT2D eigenvalue weighted by Crippen LogP contribution is 2.13. The number of carboxylic acids is 1. The van der Waals surface area contributed by atoms with Crippen LogP contribution in [0.25, 0.3) is 0 Å². The number of hydrogen-bond donors (Lipinski definition) is 2. The van der Waals surface area contributed by atoms with E-state index in [1.807, 2.05) is 0 Å². The van der Waals surface area contributed by atoms with Crippen molar-refractivity contribution in [2.75, 3.05) is 32.9 Å². The van der Waals surface area contributed by atoms with Gasteiger partial charge in [-0.1, -0.05) is 149 Å². The van der Waals surface area contributed by atoms with Crippen molar-refractivity contribution < 1.29 is 25.1 Å². The molecule has 0 aromatic rings. The highest BCUT2D eigenvalue weighted by molar-refractivity contribution is 5.64. The Labute approximate surface area is 238 Å². The zero-order valence-corrected chi connectivity index (χ0v) is 26.0. The van der Waals surface area contributed by atoms with Crippen LogP contribution in [0.5, 0.6) is 0 Å². The Hall–Kier alpha value is -0.650. The van der Waals surface area contributed by atoms with Gasteiger partial charge in [0.25, 0.3) is 0 Å². The Morgan fingerprint density at radius 2 is 0.921 bits per heavy atom. The molecular formula is C33H69NO4. The van der Waals surface area contributed by atoms with Crippen molar-refractivity contribution in [2.24, 2.45) is 0 Å². The molecule has 5 nitrogen and oxygen atoms in total. The second kappa shape index (κ2) is 38.5. The van der Waals surface area contributed by atoms with Gasteiger partial charge in [-0.2, -0.15) is 0 Å². The molecule has 0 saturated heterocycles. The maximum Gasteiger partial charge on any atom is 0.0990 e. The van der Waals surface area contributed by atoms with E-state index >= 15 is 0 Å². The van der Waals surface area contributed by atoms with Gasteiger partial charge in [-0.15, -0.1) is 0 Å². The van der Waals surface area contributed by atoms with Crippen LogP contribution in [0.15, 0.2) is 0 Å². The number of aliphatic hydroxyl groups excluding tert-OH is 1. The van der Waals surface area contributed by atoms with Crippen LogP contribution in [0.4, 0.5) is 0 Å². The van der Waals surface area contributed by atoms with Gasteiger partial charge in [0.05, 0.1) is 26.3 Å². The molecule has 3 N–H and O–H groups in total. The van der Waals surface area contributed by atoms with E-state index < -0.39 is 5.97 Å². The normalized spacial score (nSPS) is 10.9. The zero-order chi connectivity index (χ0) is 28.2. The van der Waals surface area contributed by atoms with Crippen molar-refractivity contribution in [2.45, 2.75) is 174 Å². The summed E-state index contributed by atoms with van der Waals surface area (Å²) in [5.41, 5.74) is 0. The second-order valence-corrected chi connectivity index (χ2v) is 11.1. The summed E-state index contributed by atoms with van der Waals surface area (Å²) in [6, 6.07) is 0. The van der Waals surface area contributed by atoms with Crippen LogP contribution >= 0.6 is 0 Å². The molecular weight excluding hydrogens is 474 g/mol. The summed E-state index contributed by atoms with van der Waals surface area (Å²) in [4.78, 5) is 10.2. The summed E-state index contributed by atoms with van der Waals surface area (Å²) in [5, 5.41) is 21.0. The summed E-state index contributed by atoms with van der Waals surface area (Å²) in [7, 11) is 0. The van der Waals surface area contributed by atoms with Gasteiger partial charge >= 0.3 is 0 Å². The molecule has 0 bridgehead atoms. The Bertz CT molecular complexity index is 404. The number of hydrogen-bond acceptors (Lipinski definition) is 4. The van der Waals surface area contributed by atoms with E-state index in [1.54, 1.807) is 0 Å². The van der Waals surface area contributed by atoms with Gasteiger partial charge in [-0.3, -0.25) is 0 Å². The van der Waals surface area contributed by atoms with Crippen LogP contribution < -0.4 is 10.4 Å². The third-order valence-corrected chi connectivity index (χ3v) is 7.16. The van der Waals surface area contributed by atoms with E-state index in [2.05, 4.69) is 19.2 Å². The fourth-order valence-corrected chi connectivity index (χ4v) is 4.65. The summed E-state index contributed by atoms with van der Waals surface area (Å²) in [6.45, 7) is 8.49. The van der Waals surface area contributed by atoms with Gasteiger partial charge in [0.15, 0.2) is 0 Å². The maximum atomic E-state index is 10.2. The smallest absolute Gasteiger partial charge is 0.0990 e. The molecule has 0 aromatic heterocycles. The number of carbonyl (C=O) groups excluding carboxylic acids is 1. The molecule has 0 unspecified atom stereocenters. The van der Waals surface area contributed by atoms with Crippen molar-refractivity contribution in [1.82, 2.24) is 0 Å². The molecule has 0 atom stereocenters. The van der Waals surface area contributed by atoms with Gasteiger partial charge in [-0.05, 0) is 19.3 Å². The van der Waals surface area contributed by atoms with Gasteiger partial charge in [0.1, 0.15) is 0 Å². The van der Waals surface area contributed by atoms with Crippen LogP contribution in [-0.4, -0.2) is 44.0 Å². The number of ether oxygens (including phenoxy) is 1. The molecule has 0 radical (unpaired) electrons. The number of aliphatic hydroxyl groups is 1. The second-order valence-electron chi connectivity index (χ2n) is 11.1. The lowest BCUT2D eigenvalue weighted by Crippen LogP contribution is -2.85. The highest BCUT2D eigenvalue weighted by Gasteiger charge is 1.95. The average molecular weight is 544 g/mol. The lowest BCUT2D eigenvalue weighted by atomic mass is 10.0. The third-order valence-electron chi connectivity index (χ3n) is 7.16. The minimum Gasteiger partial charge on any atom is -0.550 e. The number of unbranched alkanes of at least 4 members (excludes halogenated alkanes) is 21. The molecule has 0 aliphatic carbocycles. The van der Waals surface area contributed by atoms with Crippen molar-refractivity contribution in [3.63, 3.8) is 0 Å². The van der Waals surface area contributed by atoms with Crippen molar-refractivity contribution in [1.29, 1.82) is 0 Å². The van der Waals surface area contributed by atoms with Crippen molar-refractivity contribution in [3.8, 4) is 0 Å². The standard InChI is InChI=1S/C18H36O2.C15H33NO2/c1-2-3-4-5-6-7-8-9-10-11-12-13-14-15-16-17-18(19)20;1-2-3-4-5-6-7-8-9-14-18-15-10-11-16-12-13-17/h2-17H2,1H3,(H,19,20);16-17H,2-15H2,1H3. The SMILES string of the molecule is CCCCCCCCCCCCCCCCCC(=O)[O-].CCCCCCCCCCOCCC[NH2+]CCO. The molecule has 5 heteroatoms. The van der Waals surface area contributed by atoms with Crippen LogP contribution in [0.1, 0.15) is 174 Å². The van der Waals surface area contributed by atoms with Crippen LogP contribution in [0, 0.1) is 0 Å². The number of carboxylic acid groups (broad SMARTS) is 1. The fraction of sp³-hybridized carbons (Fsp3) is 0.970. The molecule has 0 spiro atoms. The van der Waals surface area contributed by atoms with Gasteiger partial charge in [-0.25, -0.2) is 0 Å². The molecule has 0 aromatic carbocycles. The number of carbonyl (C=O) groups is 1. The predicted molar refractivity (Wildman–Crippen MR) is 161 cm³/mol. The first kappa shape index (κ1) is 39.5. The molecule has 0 fully saturated rings. The van der Waals surface area contributed by atoms with Gasteiger partial charge in [0, 0.05) is 19.0 Å². The van der Waals surface area contributed by atoms with E-state index in [1.165, 1.54) is 135 Å². The first-order valence-corrected chi connectivity index (χ1v) is 16.9. The fourth-order valence-electron chi connectivity index (χ4n) is 4.65. The van der Waals surface area contributed by atoms with E-state index in [0.717, 1.165) is 45.6 Å². The van der Waals surface area contributed by atoms with E-state index in [9.17, 15) is 9.90 Å². The Balaban J connectivity index is 0. The molecule has 0 aliphatic rings. The number of aliphatic carboxylic acids is 1. The third kappa shape index (κ3) is 42.4. The van der Waals surface area contributed by atoms with Crippen LogP contribution in [0.3, 0.4) is 0 Å². The summed E-state index contributed by atoms with van der Waals surface area (Å²) in [5.74, 6) is -0.903. The van der Waals surface area contributed by atoms with E-state index in [-0.39, 0.29) is 13.0 Å². The molecule has 0 heterocycles. The summed E-state index contributed by atoms with van der Waals surface area (Å²) in [6.07, 6.45) is 31.8. The predicted octanol–water partition coefficient (Wildman–Crippen LogP) is 7.09. The summed E-state index contributed by atoms with van der Waals surface area (Å²) >= 11 is 0. The molecule has 38 heavy (non-hydrogen) atoms. The number of nitrogens with two attached hydrogens (primary N) is 1. The quantitative estimate of drug-likeness (QED) is 0.0914. The maximum absolute atomic E-state index is 10.2. The molecule has 230 valence electrons. The van der Waals surface area contributed by atoms with Crippen LogP contribution in [0.2, 0.25) is 0 Å². The molecule has 0 amide bonds. The first-order chi connectivity index (χ1) is 18.7. The number of rotatable bonds is 31. The van der Waals surface area contributed by atoms with Crippen LogP contribution in [-0.2, 0) is 9.53 Å².